The van der Waals surface area contributed by atoms with Gasteiger partial charge in [-0.1, -0.05) is 11.6 Å². The number of hydrogen-bond donors (Lipinski definition) is 1. The molecule has 0 bridgehead atoms. The molecular formula is C9H9BrClN3O3S. The van der Waals surface area contributed by atoms with Crippen molar-refractivity contribution >= 4 is 49.1 Å². The lowest BCUT2D eigenvalue weighted by atomic mass is 10.4. The van der Waals surface area contributed by atoms with Crippen molar-refractivity contribution < 1.29 is 13.2 Å². The van der Waals surface area contributed by atoms with E-state index in [0.717, 1.165) is 0 Å². The minimum Gasteiger partial charge on any atom is -0.308 e. The number of nitrogens with zero attached hydrogens (tertiary/aromatic N) is 2. The summed E-state index contributed by atoms with van der Waals surface area (Å²) in [4.78, 5) is 17.1. The van der Waals surface area contributed by atoms with Crippen molar-refractivity contribution in [2.45, 2.75) is 11.7 Å². The molecule has 1 aromatic heterocycles. The topological polar surface area (TPSA) is 93.4 Å². The van der Waals surface area contributed by atoms with Crippen molar-refractivity contribution in [1.82, 2.24) is 4.98 Å². The van der Waals surface area contributed by atoms with E-state index in [-0.39, 0.29) is 18.9 Å². The fourth-order valence-electron chi connectivity index (χ4n) is 1.73. The predicted octanol–water partition coefficient (Wildman–Crippen LogP) is 0.891. The van der Waals surface area contributed by atoms with Crippen molar-refractivity contribution in [3.63, 3.8) is 0 Å². The Kier molecular flexibility index (Phi) is 3.63. The molecule has 1 unspecified atom stereocenters. The summed E-state index contributed by atoms with van der Waals surface area (Å²) < 4.78 is 22.9. The number of amides is 1. The van der Waals surface area contributed by atoms with Gasteiger partial charge in [0.25, 0.3) is 0 Å². The standard InChI is InChI=1S/C9H9BrClN3O3S/c10-9-7(1-5(11)3-13-9)14-4-6(2-8(14)15)18(12,16)17/h1,3,6H,2,4H2,(H2,12,16,17). The second kappa shape index (κ2) is 4.76. The maximum absolute atomic E-state index is 11.8. The Bertz CT molecular complexity index is 607. The first kappa shape index (κ1) is 13.7. The highest BCUT2D eigenvalue weighted by molar-refractivity contribution is 9.10. The van der Waals surface area contributed by atoms with Crippen molar-refractivity contribution in [3.05, 3.63) is 21.9 Å². The summed E-state index contributed by atoms with van der Waals surface area (Å²) in [5, 5.41) is 4.52. The summed E-state index contributed by atoms with van der Waals surface area (Å²) in [5.74, 6) is -0.321. The highest BCUT2D eigenvalue weighted by Crippen LogP contribution is 2.31. The van der Waals surface area contributed by atoms with Gasteiger partial charge < -0.3 is 4.90 Å². The van der Waals surface area contributed by atoms with Crippen molar-refractivity contribution in [3.8, 4) is 0 Å². The average Bonchev–Trinajstić information content (AvgIpc) is 2.64. The summed E-state index contributed by atoms with van der Waals surface area (Å²) in [6, 6.07) is 1.54. The van der Waals surface area contributed by atoms with Crippen molar-refractivity contribution in [2.24, 2.45) is 5.14 Å². The number of primary sulfonamides is 1. The van der Waals surface area contributed by atoms with Crippen LogP contribution in [0.15, 0.2) is 16.9 Å². The number of anilines is 1. The third kappa shape index (κ3) is 2.66. The lowest BCUT2D eigenvalue weighted by Crippen LogP contribution is -2.32. The van der Waals surface area contributed by atoms with Gasteiger partial charge in [0.2, 0.25) is 15.9 Å². The van der Waals surface area contributed by atoms with E-state index in [0.29, 0.717) is 15.3 Å². The number of aromatic nitrogens is 1. The van der Waals surface area contributed by atoms with Crippen LogP contribution in [0.3, 0.4) is 0 Å². The smallest absolute Gasteiger partial charge is 0.228 e. The molecule has 0 radical (unpaired) electrons. The lowest BCUT2D eigenvalue weighted by Gasteiger charge is -2.17. The van der Waals surface area contributed by atoms with Crippen LogP contribution in [0.2, 0.25) is 5.02 Å². The van der Waals surface area contributed by atoms with Gasteiger partial charge in [-0.25, -0.2) is 18.5 Å². The molecule has 0 aromatic carbocycles. The number of rotatable bonds is 2. The second-order valence-electron chi connectivity index (χ2n) is 3.88. The summed E-state index contributed by atoms with van der Waals surface area (Å²) >= 11 is 9.00. The van der Waals surface area contributed by atoms with E-state index in [2.05, 4.69) is 20.9 Å². The van der Waals surface area contributed by atoms with Crippen LogP contribution in [0.5, 0.6) is 0 Å². The molecule has 18 heavy (non-hydrogen) atoms. The summed E-state index contributed by atoms with van der Waals surface area (Å²) in [5.41, 5.74) is 0.443. The predicted molar refractivity (Wildman–Crippen MR) is 70.8 cm³/mol. The van der Waals surface area contributed by atoms with Crippen LogP contribution in [-0.2, 0) is 14.8 Å². The molecular weight excluding hydrogens is 346 g/mol. The summed E-state index contributed by atoms with van der Waals surface area (Å²) in [6.45, 7) is 0.0122. The molecule has 1 aromatic rings. The molecule has 1 aliphatic rings. The molecule has 98 valence electrons. The summed E-state index contributed by atoms with van der Waals surface area (Å²) in [6.07, 6.45) is 1.30. The molecule has 1 amide bonds. The van der Waals surface area contributed by atoms with Gasteiger partial charge in [-0.3, -0.25) is 4.79 Å². The maximum atomic E-state index is 11.8. The molecule has 2 rings (SSSR count). The number of sulfonamides is 1. The minimum absolute atomic E-state index is 0.0122. The average molecular weight is 355 g/mol. The van der Waals surface area contributed by atoms with E-state index in [9.17, 15) is 13.2 Å². The first-order valence-electron chi connectivity index (χ1n) is 4.92. The molecule has 2 heterocycles. The van der Waals surface area contributed by atoms with Gasteiger partial charge in [0.1, 0.15) is 9.85 Å². The third-order valence-electron chi connectivity index (χ3n) is 2.63. The fourth-order valence-corrected chi connectivity index (χ4v) is 3.04. The highest BCUT2D eigenvalue weighted by Gasteiger charge is 2.38. The zero-order valence-electron chi connectivity index (χ0n) is 9.01. The maximum Gasteiger partial charge on any atom is 0.228 e. The molecule has 1 saturated heterocycles. The second-order valence-corrected chi connectivity index (χ2v) is 6.92. The first-order valence-corrected chi connectivity index (χ1v) is 7.70. The first-order chi connectivity index (χ1) is 8.29. The number of pyridine rings is 1. The van der Waals surface area contributed by atoms with Crippen LogP contribution in [0, 0.1) is 0 Å². The van der Waals surface area contributed by atoms with Gasteiger partial charge >= 0.3 is 0 Å². The Morgan fingerprint density at radius 3 is 2.78 bits per heavy atom. The normalized spacial score (nSPS) is 20.5. The molecule has 9 heteroatoms. The Morgan fingerprint density at radius 2 is 2.22 bits per heavy atom. The molecule has 2 N–H and O–H groups in total. The van der Waals surface area contributed by atoms with Crippen LogP contribution in [0.25, 0.3) is 0 Å². The molecule has 6 nitrogen and oxygen atoms in total. The number of halogens is 2. The van der Waals surface area contributed by atoms with Crippen molar-refractivity contribution in [1.29, 1.82) is 0 Å². The van der Waals surface area contributed by atoms with Crippen LogP contribution in [0.4, 0.5) is 5.69 Å². The van der Waals surface area contributed by atoms with E-state index in [4.69, 9.17) is 16.7 Å². The molecule has 0 saturated carbocycles. The summed E-state index contributed by atoms with van der Waals surface area (Å²) in [7, 11) is -3.73. The van der Waals surface area contributed by atoms with Crippen LogP contribution >= 0.6 is 27.5 Å². The monoisotopic (exact) mass is 353 g/mol. The third-order valence-corrected chi connectivity index (χ3v) is 4.69. The number of hydrogen-bond acceptors (Lipinski definition) is 4. The van der Waals surface area contributed by atoms with Crippen molar-refractivity contribution in [2.75, 3.05) is 11.4 Å². The van der Waals surface area contributed by atoms with Crippen LogP contribution in [-0.4, -0.2) is 31.1 Å². The van der Waals surface area contributed by atoms with E-state index in [1.165, 1.54) is 11.1 Å². The van der Waals surface area contributed by atoms with Crippen LogP contribution < -0.4 is 10.0 Å². The lowest BCUT2D eigenvalue weighted by molar-refractivity contribution is -0.117. The Labute approximate surface area is 117 Å². The number of carbonyl (C=O) groups excluding carboxylic acids is 1. The van der Waals surface area contributed by atoms with Gasteiger partial charge in [0, 0.05) is 19.2 Å². The number of carbonyl (C=O) groups is 1. The van der Waals surface area contributed by atoms with E-state index in [1.54, 1.807) is 6.07 Å². The van der Waals surface area contributed by atoms with Gasteiger partial charge in [-0.05, 0) is 22.0 Å². The molecule has 1 fully saturated rings. The van der Waals surface area contributed by atoms with E-state index < -0.39 is 15.3 Å². The molecule has 0 aliphatic carbocycles. The van der Waals surface area contributed by atoms with Gasteiger partial charge in [-0.2, -0.15) is 0 Å². The zero-order valence-corrected chi connectivity index (χ0v) is 12.2. The quantitative estimate of drug-likeness (QED) is 0.798. The Balaban J connectivity index is 2.35. The fraction of sp³-hybridized carbons (Fsp3) is 0.333. The number of nitrogens with two attached hydrogens (primary N) is 1. The van der Waals surface area contributed by atoms with Gasteiger partial charge in [0.05, 0.1) is 10.7 Å². The largest absolute Gasteiger partial charge is 0.308 e. The minimum atomic E-state index is -3.73. The SMILES string of the molecule is NS(=O)(=O)C1CC(=O)N(c2cc(Cl)cnc2Br)C1. The Hall–Kier alpha value is -0.700. The van der Waals surface area contributed by atoms with E-state index >= 15 is 0 Å². The van der Waals surface area contributed by atoms with Crippen LogP contribution in [0.1, 0.15) is 6.42 Å². The Morgan fingerprint density at radius 1 is 1.56 bits per heavy atom. The van der Waals surface area contributed by atoms with Gasteiger partial charge in [0.15, 0.2) is 0 Å². The highest BCUT2D eigenvalue weighted by atomic mass is 79.9. The van der Waals surface area contributed by atoms with Gasteiger partial charge in [-0.15, -0.1) is 0 Å². The van der Waals surface area contributed by atoms with E-state index in [1.807, 2.05) is 0 Å². The molecule has 1 atom stereocenters. The molecule has 1 aliphatic heterocycles. The zero-order chi connectivity index (χ0) is 13.5. The molecule has 0 spiro atoms.